The molecule has 27 heavy (non-hydrogen) atoms. The van der Waals surface area contributed by atoms with E-state index in [4.69, 9.17) is 21.1 Å². The normalized spacial score (nSPS) is 10.2. The van der Waals surface area contributed by atoms with Gasteiger partial charge < -0.3 is 20.1 Å². The van der Waals surface area contributed by atoms with Gasteiger partial charge in [0.1, 0.15) is 0 Å². The zero-order valence-corrected chi connectivity index (χ0v) is 16.4. The molecule has 0 aliphatic heterocycles. The number of benzene rings is 2. The van der Waals surface area contributed by atoms with Crippen molar-refractivity contribution in [2.75, 3.05) is 20.8 Å². The largest absolute Gasteiger partial charge is 0.493 e. The van der Waals surface area contributed by atoms with Crippen molar-refractivity contribution in [1.82, 2.24) is 10.6 Å². The molecule has 0 unspecified atom stereocenters. The fourth-order valence-corrected chi connectivity index (χ4v) is 2.71. The van der Waals surface area contributed by atoms with E-state index in [-0.39, 0.29) is 18.4 Å². The Kier molecular flexibility index (Phi) is 7.49. The van der Waals surface area contributed by atoms with E-state index in [0.29, 0.717) is 34.3 Å². The molecule has 0 atom stereocenters. The molecular weight excluding hydrogens is 368 g/mol. The maximum Gasteiger partial charge on any atom is 0.251 e. The minimum Gasteiger partial charge on any atom is -0.493 e. The minimum absolute atomic E-state index is 0.178. The van der Waals surface area contributed by atoms with E-state index in [1.807, 2.05) is 13.0 Å². The predicted molar refractivity (Wildman–Crippen MR) is 105 cm³/mol. The number of methoxy groups -OCH3 is 1. The van der Waals surface area contributed by atoms with Crippen molar-refractivity contribution in [3.8, 4) is 11.5 Å². The molecule has 2 amide bonds. The molecule has 2 rings (SSSR count). The number of carbonyl (C=O) groups is 2. The molecule has 0 bridgehead atoms. The van der Waals surface area contributed by atoms with Crippen LogP contribution in [0.15, 0.2) is 36.4 Å². The van der Waals surface area contributed by atoms with Gasteiger partial charge in [0.05, 0.1) is 18.7 Å². The van der Waals surface area contributed by atoms with Gasteiger partial charge in [-0.25, -0.2) is 0 Å². The number of carbonyl (C=O) groups excluding carboxylic acids is 2. The fraction of sp³-hybridized carbons (Fsp3) is 0.300. The van der Waals surface area contributed by atoms with Crippen LogP contribution < -0.4 is 20.1 Å². The van der Waals surface area contributed by atoms with Gasteiger partial charge in [-0.15, -0.1) is 0 Å². The summed E-state index contributed by atoms with van der Waals surface area (Å²) in [6, 6.07) is 10.2. The summed E-state index contributed by atoms with van der Waals surface area (Å²) in [6.07, 6.45) is 0.830. The minimum atomic E-state index is -0.303. The van der Waals surface area contributed by atoms with E-state index in [1.54, 1.807) is 37.4 Å². The molecule has 0 aromatic heterocycles. The number of halogens is 1. The van der Waals surface area contributed by atoms with Crippen LogP contribution in [0.3, 0.4) is 0 Å². The maximum atomic E-state index is 12.5. The van der Waals surface area contributed by atoms with E-state index in [2.05, 4.69) is 10.6 Å². The van der Waals surface area contributed by atoms with Gasteiger partial charge in [0, 0.05) is 24.7 Å². The van der Waals surface area contributed by atoms with Crippen molar-refractivity contribution < 1.29 is 19.1 Å². The number of hydrogen-bond acceptors (Lipinski definition) is 4. The molecule has 0 fully saturated rings. The highest BCUT2D eigenvalue weighted by molar-refractivity contribution is 6.32. The van der Waals surface area contributed by atoms with Gasteiger partial charge in [-0.1, -0.05) is 30.7 Å². The molecule has 7 heteroatoms. The van der Waals surface area contributed by atoms with E-state index < -0.39 is 0 Å². The molecule has 0 aliphatic carbocycles. The van der Waals surface area contributed by atoms with Crippen molar-refractivity contribution in [2.45, 2.75) is 19.9 Å². The van der Waals surface area contributed by atoms with Gasteiger partial charge in [-0.05, 0) is 36.2 Å². The highest BCUT2D eigenvalue weighted by Crippen LogP contribution is 2.36. The lowest BCUT2D eigenvalue weighted by atomic mass is 10.1. The van der Waals surface area contributed by atoms with Crippen LogP contribution in [0.4, 0.5) is 0 Å². The van der Waals surface area contributed by atoms with Crippen molar-refractivity contribution in [3.05, 3.63) is 58.1 Å². The average Bonchev–Trinajstić information content (AvgIpc) is 2.70. The second kappa shape index (κ2) is 9.83. The SMILES string of the molecule is CCCOc1c(Cl)cc(C(=O)NCc2cccc(C(=O)NC)c2)cc1OC. The highest BCUT2D eigenvalue weighted by atomic mass is 35.5. The van der Waals surface area contributed by atoms with Crippen LogP contribution in [0.1, 0.15) is 39.6 Å². The number of hydrogen-bond donors (Lipinski definition) is 2. The average molecular weight is 391 g/mol. The molecule has 2 aromatic carbocycles. The van der Waals surface area contributed by atoms with Crippen LogP contribution in [-0.2, 0) is 6.54 Å². The zero-order chi connectivity index (χ0) is 19.8. The highest BCUT2D eigenvalue weighted by Gasteiger charge is 2.16. The Labute approximate surface area is 163 Å². The van der Waals surface area contributed by atoms with Crippen molar-refractivity contribution in [2.24, 2.45) is 0 Å². The third-order valence-corrected chi connectivity index (χ3v) is 4.09. The Morgan fingerprint density at radius 2 is 1.89 bits per heavy atom. The van der Waals surface area contributed by atoms with Gasteiger partial charge in [-0.3, -0.25) is 9.59 Å². The first-order chi connectivity index (χ1) is 13.0. The van der Waals surface area contributed by atoms with Crippen LogP contribution in [0.5, 0.6) is 11.5 Å². The lowest BCUT2D eigenvalue weighted by Gasteiger charge is -2.14. The van der Waals surface area contributed by atoms with Crippen LogP contribution in [0, 0.1) is 0 Å². The third kappa shape index (κ3) is 5.37. The Balaban J connectivity index is 2.12. The third-order valence-electron chi connectivity index (χ3n) is 3.81. The van der Waals surface area contributed by atoms with Crippen LogP contribution >= 0.6 is 11.6 Å². The van der Waals surface area contributed by atoms with E-state index in [9.17, 15) is 9.59 Å². The smallest absolute Gasteiger partial charge is 0.251 e. The summed E-state index contributed by atoms with van der Waals surface area (Å²) in [5, 5.41) is 5.70. The Bertz CT molecular complexity index is 824. The molecule has 2 aromatic rings. The zero-order valence-electron chi connectivity index (χ0n) is 15.6. The summed E-state index contributed by atoms with van der Waals surface area (Å²) in [6.45, 7) is 2.77. The van der Waals surface area contributed by atoms with E-state index in [0.717, 1.165) is 12.0 Å². The number of nitrogens with one attached hydrogen (secondary N) is 2. The number of amides is 2. The van der Waals surface area contributed by atoms with Crippen LogP contribution in [-0.4, -0.2) is 32.6 Å². The topological polar surface area (TPSA) is 76.7 Å². The van der Waals surface area contributed by atoms with Gasteiger partial charge in [0.25, 0.3) is 11.8 Å². The maximum absolute atomic E-state index is 12.5. The van der Waals surface area contributed by atoms with Crippen molar-refractivity contribution in [1.29, 1.82) is 0 Å². The second-order valence-corrected chi connectivity index (χ2v) is 6.21. The van der Waals surface area contributed by atoms with Gasteiger partial charge >= 0.3 is 0 Å². The first-order valence-corrected chi connectivity index (χ1v) is 8.97. The van der Waals surface area contributed by atoms with Crippen molar-refractivity contribution in [3.63, 3.8) is 0 Å². The van der Waals surface area contributed by atoms with Crippen LogP contribution in [0.2, 0.25) is 5.02 Å². The first kappa shape index (κ1) is 20.6. The summed E-state index contributed by atoms with van der Waals surface area (Å²) in [5.74, 6) is 0.350. The fourth-order valence-electron chi connectivity index (χ4n) is 2.45. The predicted octanol–water partition coefficient (Wildman–Crippen LogP) is 3.43. The number of ether oxygens (including phenoxy) is 2. The molecule has 6 nitrogen and oxygen atoms in total. The summed E-state index contributed by atoms with van der Waals surface area (Å²) in [7, 11) is 3.07. The van der Waals surface area contributed by atoms with Gasteiger partial charge in [-0.2, -0.15) is 0 Å². The summed E-state index contributed by atoms with van der Waals surface area (Å²) in [4.78, 5) is 24.2. The van der Waals surface area contributed by atoms with Gasteiger partial charge in [0.15, 0.2) is 11.5 Å². The summed E-state index contributed by atoms with van der Waals surface area (Å²) in [5.41, 5.74) is 1.71. The lowest BCUT2D eigenvalue weighted by Crippen LogP contribution is -2.23. The monoisotopic (exact) mass is 390 g/mol. The Hall–Kier alpha value is -2.73. The van der Waals surface area contributed by atoms with Gasteiger partial charge in [0.2, 0.25) is 0 Å². The molecule has 2 N–H and O–H groups in total. The molecule has 0 heterocycles. The molecule has 0 saturated carbocycles. The number of rotatable bonds is 8. The van der Waals surface area contributed by atoms with Crippen molar-refractivity contribution >= 4 is 23.4 Å². The van der Waals surface area contributed by atoms with Crippen LogP contribution in [0.25, 0.3) is 0 Å². The Morgan fingerprint density at radius 1 is 1.11 bits per heavy atom. The Morgan fingerprint density at radius 3 is 2.56 bits per heavy atom. The van der Waals surface area contributed by atoms with E-state index >= 15 is 0 Å². The molecule has 0 aliphatic rings. The standard InChI is InChI=1S/C20H23ClN2O4/c1-4-8-27-18-16(21)10-15(11-17(18)26-3)20(25)23-12-13-6-5-7-14(9-13)19(24)22-2/h5-7,9-11H,4,8,12H2,1-3H3,(H,22,24)(H,23,25). The van der Waals surface area contributed by atoms with E-state index in [1.165, 1.54) is 7.11 Å². The molecule has 0 saturated heterocycles. The lowest BCUT2D eigenvalue weighted by molar-refractivity contribution is 0.0948. The second-order valence-electron chi connectivity index (χ2n) is 5.80. The summed E-state index contributed by atoms with van der Waals surface area (Å²) < 4.78 is 10.9. The summed E-state index contributed by atoms with van der Waals surface area (Å²) >= 11 is 6.25. The molecule has 0 radical (unpaired) electrons. The quantitative estimate of drug-likeness (QED) is 0.724. The molecule has 144 valence electrons. The molecule has 0 spiro atoms. The molecular formula is C20H23ClN2O4. The first-order valence-electron chi connectivity index (χ1n) is 8.59.